The lowest BCUT2D eigenvalue weighted by Gasteiger charge is -2.18. The number of benzene rings is 1. The summed E-state index contributed by atoms with van der Waals surface area (Å²) in [4.78, 5) is 25.3. The molecule has 0 spiro atoms. The Kier molecular flexibility index (Phi) is 7.21. The van der Waals surface area contributed by atoms with Crippen molar-refractivity contribution in [1.82, 2.24) is 10.2 Å². The van der Waals surface area contributed by atoms with Crippen molar-refractivity contribution in [1.29, 1.82) is 0 Å². The molecule has 0 aliphatic heterocycles. The summed E-state index contributed by atoms with van der Waals surface area (Å²) in [5, 5.41) is 1.98. The summed E-state index contributed by atoms with van der Waals surface area (Å²) in [5.74, 6) is -0.442. The Labute approximate surface area is 136 Å². The van der Waals surface area contributed by atoms with Gasteiger partial charge < -0.3 is 15.0 Å². The third-order valence-electron chi connectivity index (χ3n) is 2.76. The number of likely N-dealkylation sites (N-methyl/N-ethyl adjacent to an activating group) is 1. The number of ether oxygens (including phenoxy) is 1. The maximum absolute atomic E-state index is 11.9. The zero-order valence-electron chi connectivity index (χ0n) is 12.6. The van der Waals surface area contributed by atoms with Gasteiger partial charge in [-0.15, -0.1) is 11.8 Å². The first kappa shape index (κ1) is 19.1. The van der Waals surface area contributed by atoms with Gasteiger partial charge in [0.25, 0.3) is 0 Å². The summed E-state index contributed by atoms with van der Waals surface area (Å²) in [6.45, 7) is -1.80. The standard InChI is InChI=1S/C14H17F3N2O3S/c1-19(8-10-3-5-11(23-2)6-4-10)12(20)7-18-13(21)22-9-14(15,16)17/h3-6H,7-9H2,1-2H3,(H,18,21). The molecule has 0 aliphatic rings. The molecule has 5 nitrogen and oxygen atoms in total. The molecule has 1 N–H and O–H groups in total. The van der Waals surface area contributed by atoms with Crippen LogP contribution in [0.2, 0.25) is 0 Å². The zero-order chi connectivity index (χ0) is 17.5. The van der Waals surface area contributed by atoms with E-state index >= 15 is 0 Å². The lowest BCUT2D eigenvalue weighted by Crippen LogP contribution is -2.38. The molecule has 1 rings (SSSR count). The lowest BCUT2D eigenvalue weighted by molar-refractivity contribution is -0.160. The van der Waals surface area contributed by atoms with E-state index in [1.807, 2.05) is 35.8 Å². The zero-order valence-corrected chi connectivity index (χ0v) is 13.5. The first-order valence-corrected chi connectivity index (χ1v) is 7.78. The molecule has 0 aromatic heterocycles. The summed E-state index contributed by atoms with van der Waals surface area (Å²) in [5.41, 5.74) is 0.901. The molecule has 0 aliphatic carbocycles. The van der Waals surface area contributed by atoms with E-state index in [-0.39, 0.29) is 0 Å². The van der Waals surface area contributed by atoms with Gasteiger partial charge in [-0.3, -0.25) is 4.79 Å². The van der Waals surface area contributed by atoms with Crippen LogP contribution in [0, 0.1) is 0 Å². The van der Waals surface area contributed by atoms with Crippen LogP contribution in [0.3, 0.4) is 0 Å². The van der Waals surface area contributed by atoms with E-state index in [0.717, 1.165) is 10.5 Å². The van der Waals surface area contributed by atoms with Crippen LogP contribution in [0.25, 0.3) is 0 Å². The minimum Gasteiger partial charge on any atom is -0.440 e. The molecule has 0 unspecified atom stereocenters. The molecule has 2 amide bonds. The molecular formula is C14H17F3N2O3S. The van der Waals surface area contributed by atoms with Crippen molar-refractivity contribution in [2.24, 2.45) is 0 Å². The highest BCUT2D eigenvalue weighted by Gasteiger charge is 2.29. The van der Waals surface area contributed by atoms with Crippen LogP contribution in [-0.4, -0.2) is 49.5 Å². The number of halogens is 3. The van der Waals surface area contributed by atoms with Crippen LogP contribution in [-0.2, 0) is 16.1 Å². The van der Waals surface area contributed by atoms with Crippen molar-refractivity contribution in [3.05, 3.63) is 29.8 Å². The van der Waals surface area contributed by atoms with Gasteiger partial charge in [-0.2, -0.15) is 13.2 Å². The van der Waals surface area contributed by atoms with Crippen LogP contribution in [0.4, 0.5) is 18.0 Å². The average molecular weight is 350 g/mol. The number of carbonyl (C=O) groups excluding carboxylic acids is 2. The largest absolute Gasteiger partial charge is 0.440 e. The minimum absolute atomic E-state index is 0.326. The second-order valence-electron chi connectivity index (χ2n) is 4.64. The SMILES string of the molecule is CSc1ccc(CN(C)C(=O)CNC(=O)OCC(F)(F)F)cc1. The van der Waals surface area contributed by atoms with Gasteiger partial charge in [-0.05, 0) is 24.0 Å². The van der Waals surface area contributed by atoms with Gasteiger partial charge in [0.2, 0.25) is 5.91 Å². The number of nitrogens with zero attached hydrogens (tertiary/aromatic N) is 1. The highest BCUT2D eigenvalue weighted by atomic mass is 32.2. The smallest absolute Gasteiger partial charge is 0.422 e. The van der Waals surface area contributed by atoms with Crippen molar-refractivity contribution in [2.45, 2.75) is 17.6 Å². The van der Waals surface area contributed by atoms with Gasteiger partial charge in [0.05, 0.1) is 0 Å². The Bertz CT molecular complexity index is 535. The van der Waals surface area contributed by atoms with Crippen molar-refractivity contribution in [3.8, 4) is 0 Å². The van der Waals surface area contributed by atoms with Gasteiger partial charge in [-0.1, -0.05) is 12.1 Å². The van der Waals surface area contributed by atoms with Crippen LogP contribution >= 0.6 is 11.8 Å². The fourth-order valence-electron chi connectivity index (χ4n) is 1.57. The van der Waals surface area contributed by atoms with E-state index in [0.29, 0.717) is 6.54 Å². The molecular weight excluding hydrogens is 333 g/mol. The third-order valence-corrected chi connectivity index (χ3v) is 3.50. The van der Waals surface area contributed by atoms with Gasteiger partial charge >= 0.3 is 12.3 Å². The second-order valence-corrected chi connectivity index (χ2v) is 5.52. The summed E-state index contributed by atoms with van der Waals surface area (Å²) in [6.07, 6.45) is -3.93. The Morgan fingerprint density at radius 1 is 1.26 bits per heavy atom. The number of nitrogens with one attached hydrogen (secondary N) is 1. The Morgan fingerprint density at radius 3 is 2.39 bits per heavy atom. The number of hydrogen-bond donors (Lipinski definition) is 1. The molecule has 1 aromatic carbocycles. The predicted octanol–water partition coefficient (Wildman–Crippen LogP) is 2.66. The summed E-state index contributed by atoms with van der Waals surface area (Å²) in [6, 6.07) is 7.59. The normalized spacial score (nSPS) is 11.0. The van der Waals surface area contributed by atoms with Crippen LogP contribution < -0.4 is 5.32 Å². The molecule has 23 heavy (non-hydrogen) atoms. The Morgan fingerprint density at radius 2 is 1.87 bits per heavy atom. The molecule has 0 radical (unpaired) electrons. The molecule has 9 heteroatoms. The summed E-state index contributed by atoms with van der Waals surface area (Å²) >= 11 is 1.60. The first-order chi connectivity index (χ1) is 10.7. The Balaban J connectivity index is 2.37. The molecule has 0 saturated carbocycles. The topological polar surface area (TPSA) is 58.6 Å². The number of rotatable bonds is 6. The van der Waals surface area contributed by atoms with Gasteiger partial charge in [0, 0.05) is 18.5 Å². The fraction of sp³-hybridized carbons (Fsp3) is 0.429. The Hall–Kier alpha value is -1.90. The van der Waals surface area contributed by atoms with Crippen LogP contribution in [0.15, 0.2) is 29.2 Å². The van der Waals surface area contributed by atoms with Crippen LogP contribution in [0.1, 0.15) is 5.56 Å². The number of amides is 2. The van der Waals surface area contributed by atoms with Crippen molar-refractivity contribution in [2.75, 3.05) is 26.5 Å². The number of alkyl carbamates (subject to hydrolysis) is 1. The van der Waals surface area contributed by atoms with E-state index < -0.39 is 31.3 Å². The van der Waals surface area contributed by atoms with Gasteiger partial charge in [0.1, 0.15) is 6.54 Å². The highest BCUT2D eigenvalue weighted by molar-refractivity contribution is 7.98. The third kappa shape index (κ3) is 7.78. The van der Waals surface area contributed by atoms with Gasteiger partial charge in [-0.25, -0.2) is 4.79 Å². The van der Waals surface area contributed by atoms with E-state index in [1.54, 1.807) is 11.8 Å². The predicted molar refractivity (Wildman–Crippen MR) is 80.1 cm³/mol. The number of alkyl halides is 3. The molecule has 128 valence electrons. The number of hydrogen-bond acceptors (Lipinski definition) is 4. The average Bonchev–Trinajstić information content (AvgIpc) is 2.50. The maximum atomic E-state index is 11.9. The fourth-order valence-corrected chi connectivity index (χ4v) is 1.98. The van der Waals surface area contributed by atoms with Crippen molar-refractivity contribution in [3.63, 3.8) is 0 Å². The van der Waals surface area contributed by atoms with Crippen molar-refractivity contribution < 1.29 is 27.5 Å². The molecule has 0 heterocycles. The van der Waals surface area contributed by atoms with E-state index in [1.165, 1.54) is 11.9 Å². The monoisotopic (exact) mass is 350 g/mol. The highest BCUT2D eigenvalue weighted by Crippen LogP contribution is 2.16. The van der Waals surface area contributed by atoms with E-state index in [4.69, 9.17) is 0 Å². The molecule has 0 fully saturated rings. The quantitative estimate of drug-likeness (QED) is 0.802. The van der Waals surface area contributed by atoms with Crippen molar-refractivity contribution >= 4 is 23.8 Å². The number of thioether (sulfide) groups is 1. The minimum atomic E-state index is -4.60. The molecule has 0 saturated heterocycles. The summed E-state index contributed by atoms with van der Waals surface area (Å²) < 4.78 is 39.5. The van der Waals surface area contributed by atoms with E-state index in [9.17, 15) is 22.8 Å². The lowest BCUT2D eigenvalue weighted by atomic mass is 10.2. The molecule has 0 bridgehead atoms. The number of carbonyl (C=O) groups is 2. The van der Waals surface area contributed by atoms with E-state index in [2.05, 4.69) is 4.74 Å². The second kappa shape index (κ2) is 8.66. The summed E-state index contributed by atoms with van der Waals surface area (Å²) in [7, 11) is 1.54. The van der Waals surface area contributed by atoms with Crippen LogP contribution in [0.5, 0.6) is 0 Å². The molecule has 0 atom stereocenters. The molecule has 1 aromatic rings. The first-order valence-electron chi connectivity index (χ1n) is 6.55. The van der Waals surface area contributed by atoms with Gasteiger partial charge in [0.15, 0.2) is 6.61 Å². The maximum Gasteiger partial charge on any atom is 0.422 e.